The van der Waals surface area contributed by atoms with Crippen molar-refractivity contribution in [3.63, 3.8) is 0 Å². The second-order valence-corrected chi connectivity index (χ2v) is 7.74. The molecule has 1 aromatic carbocycles. The Balaban J connectivity index is 1.48. The lowest BCUT2D eigenvalue weighted by molar-refractivity contribution is -0.123. The summed E-state index contributed by atoms with van der Waals surface area (Å²) in [6.07, 6.45) is 4.76. The zero-order valence-electron chi connectivity index (χ0n) is 16.3. The van der Waals surface area contributed by atoms with Gasteiger partial charge in [0.25, 0.3) is 0 Å². The molecule has 2 aliphatic heterocycles. The van der Waals surface area contributed by atoms with Gasteiger partial charge in [-0.2, -0.15) is 5.10 Å². The maximum absolute atomic E-state index is 12.6. The van der Waals surface area contributed by atoms with Crippen LogP contribution in [0.2, 0.25) is 0 Å². The highest BCUT2D eigenvalue weighted by Crippen LogP contribution is 2.34. The van der Waals surface area contributed by atoms with E-state index in [0.29, 0.717) is 13.1 Å². The van der Waals surface area contributed by atoms with Gasteiger partial charge in [0, 0.05) is 39.4 Å². The largest absolute Gasteiger partial charge is 0.497 e. The van der Waals surface area contributed by atoms with Crippen molar-refractivity contribution < 1.29 is 9.53 Å². The zero-order chi connectivity index (χ0) is 19.0. The van der Waals surface area contributed by atoms with Crippen LogP contribution in [0.25, 0.3) is 0 Å². The number of carbonyl (C=O) groups excluding carboxylic acids is 1. The Hall–Kier alpha value is -2.38. The van der Waals surface area contributed by atoms with Crippen LogP contribution in [0.1, 0.15) is 12.0 Å². The second kappa shape index (κ2) is 6.98. The monoisotopic (exact) mass is 369 g/mol. The molecule has 0 saturated carbocycles. The van der Waals surface area contributed by atoms with Crippen LogP contribution in [0, 0.1) is 0 Å². The lowest BCUT2D eigenvalue weighted by atomic mass is 9.93. The fraction of sp³-hybridized carbons (Fsp3) is 0.500. The first-order chi connectivity index (χ1) is 13.0. The number of aryl methyl sites for hydroxylation is 1. The number of piperazine rings is 1. The van der Waals surface area contributed by atoms with E-state index >= 15 is 0 Å². The molecule has 1 atom stereocenters. The Kier molecular flexibility index (Phi) is 4.65. The van der Waals surface area contributed by atoms with E-state index in [1.54, 1.807) is 18.0 Å². The molecule has 2 saturated heterocycles. The summed E-state index contributed by atoms with van der Waals surface area (Å²) in [5.41, 5.74) is 2.17. The van der Waals surface area contributed by atoms with Gasteiger partial charge in [0.05, 0.1) is 31.1 Å². The van der Waals surface area contributed by atoms with Crippen LogP contribution in [0.4, 0.5) is 5.69 Å². The number of rotatable bonds is 4. The van der Waals surface area contributed by atoms with E-state index in [9.17, 15) is 4.79 Å². The third-order valence-electron chi connectivity index (χ3n) is 5.92. The number of ether oxygens (including phenoxy) is 1. The second-order valence-electron chi connectivity index (χ2n) is 7.74. The quantitative estimate of drug-likeness (QED) is 0.814. The molecule has 1 aromatic heterocycles. The molecule has 1 unspecified atom stereocenters. The number of amides is 1. The van der Waals surface area contributed by atoms with Crippen LogP contribution >= 0.6 is 0 Å². The lowest BCUT2D eigenvalue weighted by Crippen LogP contribution is -2.64. The van der Waals surface area contributed by atoms with E-state index < -0.39 is 0 Å². The van der Waals surface area contributed by atoms with Crippen molar-refractivity contribution in [2.45, 2.75) is 18.5 Å². The van der Waals surface area contributed by atoms with E-state index in [2.05, 4.69) is 34.1 Å². The highest BCUT2D eigenvalue weighted by molar-refractivity contribution is 5.95. The predicted molar refractivity (Wildman–Crippen MR) is 104 cm³/mol. The summed E-state index contributed by atoms with van der Waals surface area (Å²) in [6.45, 7) is 4.07. The normalized spacial score (nSPS) is 24.1. The Morgan fingerprint density at radius 3 is 2.63 bits per heavy atom. The van der Waals surface area contributed by atoms with E-state index in [1.165, 1.54) is 5.56 Å². The summed E-state index contributed by atoms with van der Waals surface area (Å²) < 4.78 is 6.99. The molecule has 2 aromatic rings. The van der Waals surface area contributed by atoms with Gasteiger partial charge in [0.15, 0.2) is 0 Å². The molecule has 0 N–H and O–H groups in total. The smallest absolute Gasteiger partial charge is 0.241 e. The van der Waals surface area contributed by atoms with E-state index in [-0.39, 0.29) is 11.4 Å². The molecule has 27 heavy (non-hydrogen) atoms. The average molecular weight is 369 g/mol. The molecule has 1 spiro atoms. The SMILES string of the molecule is COc1ccc(CN2CCC3(C2)CN(c2cnn(C)c2)C(=O)CN3C)cc1. The lowest BCUT2D eigenvalue weighted by Gasteiger charge is -2.46. The van der Waals surface area contributed by atoms with Gasteiger partial charge in [-0.1, -0.05) is 12.1 Å². The summed E-state index contributed by atoms with van der Waals surface area (Å²) in [5.74, 6) is 1.03. The molecule has 7 nitrogen and oxygen atoms in total. The maximum atomic E-state index is 12.6. The van der Waals surface area contributed by atoms with E-state index in [4.69, 9.17) is 4.74 Å². The molecule has 0 radical (unpaired) electrons. The van der Waals surface area contributed by atoms with Gasteiger partial charge in [-0.25, -0.2) is 0 Å². The van der Waals surface area contributed by atoms with Crippen LogP contribution in [0.15, 0.2) is 36.7 Å². The molecule has 4 rings (SSSR count). The molecular formula is C20H27N5O2. The van der Waals surface area contributed by atoms with Crippen LogP contribution in [0.5, 0.6) is 5.75 Å². The maximum Gasteiger partial charge on any atom is 0.241 e. The molecule has 2 aliphatic rings. The Morgan fingerprint density at radius 2 is 1.96 bits per heavy atom. The minimum absolute atomic E-state index is 0.00375. The predicted octanol–water partition coefficient (Wildman–Crippen LogP) is 1.35. The summed E-state index contributed by atoms with van der Waals surface area (Å²) in [5, 5.41) is 4.23. The standard InChI is InChI=1S/C20H27N5O2/c1-22-13-19(26)25(17-10-21-23(2)12-17)15-20(22)8-9-24(14-20)11-16-4-6-18(27-3)7-5-16/h4-7,10,12H,8-9,11,13-15H2,1-3H3. The minimum Gasteiger partial charge on any atom is -0.497 e. The average Bonchev–Trinajstić information content (AvgIpc) is 3.26. The number of hydrogen-bond donors (Lipinski definition) is 0. The van der Waals surface area contributed by atoms with Gasteiger partial charge in [-0.15, -0.1) is 0 Å². The van der Waals surface area contributed by atoms with Crippen molar-refractivity contribution in [3.05, 3.63) is 42.2 Å². The van der Waals surface area contributed by atoms with E-state index in [0.717, 1.165) is 37.5 Å². The van der Waals surface area contributed by atoms with Crippen LogP contribution < -0.4 is 9.64 Å². The van der Waals surface area contributed by atoms with Crippen molar-refractivity contribution in [1.82, 2.24) is 19.6 Å². The third kappa shape index (κ3) is 3.44. The molecular weight excluding hydrogens is 342 g/mol. The molecule has 144 valence electrons. The Labute approximate surface area is 160 Å². The molecule has 3 heterocycles. The van der Waals surface area contributed by atoms with Gasteiger partial charge in [-0.05, 0) is 31.2 Å². The number of aromatic nitrogens is 2. The van der Waals surface area contributed by atoms with Crippen molar-refractivity contribution in [2.24, 2.45) is 7.05 Å². The number of anilines is 1. The number of benzene rings is 1. The van der Waals surface area contributed by atoms with Crippen molar-refractivity contribution >= 4 is 11.6 Å². The number of carbonyl (C=O) groups is 1. The fourth-order valence-electron chi connectivity index (χ4n) is 4.25. The summed E-state index contributed by atoms with van der Waals surface area (Å²) in [4.78, 5) is 19.2. The molecule has 1 amide bonds. The first kappa shape index (κ1) is 18.0. The van der Waals surface area contributed by atoms with E-state index in [1.807, 2.05) is 30.3 Å². The summed E-state index contributed by atoms with van der Waals surface area (Å²) in [7, 11) is 5.65. The highest BCUT2D eigenvalue weighted by atomic mass is 16.5. The fourth-order valence-corrected chi connectivity index (χ4v) is 4.25. The third-order valence-corrected chi connectivity index (χ3v) is 5.92. The first-order valence-electron chi connectivity index (χ1n) is 9.35. The van der Waals surface area contributed by atoms with Crippen LogP contribution in [-0.4, -0.2) is 71.4 Å². The first-order valence-corrected chi connectivity index (χ1v) is 9.35. The summed E-state index contributed by atoms with van der Waals surface area (Å²) in [6, 6.07) is 8.27. The van der Waals surface area contributed by atoms with Crippen LogP contribution in [0.3, 0.4) is 0 Å². The van der Waals surface area contributed by atoms with Crippen molar-refractivity contribution in [2.75, 3.05) is 45.2 Å². The molecule has 0 aliphatic carbocycles. The van der Waals surface area contributed by atoms with Gasteiger partial charge in [0.1, 0.15) is 5.75 Å². The van der Waals surface area contributed by atoms with Crippen LogP contribution in [-0.2, 0) is 18.4 Å². The molecule has 7 heteroatoms. The highest BCUT2D eigenvalue weighted by Gasteiger charge is 2.47. The summed E-state index contributed by atoms with van der Waals surface area (Å²) >= 11 is 0. The number of nitrogens with zero attached hydrogens (tertiary/aromatic N) is 5. The minimum atomic E-state index is -0.00375. The van der Waals surface area contributed by atoms with Gasteiger partial charge in [0.2, 0.25) is 5.91 Å². The number of methoxy groups -OCH3 is 1. The molecule has 0 bridgehead atoms. The number of hydrogen-bond acceptors (Lipinski definition) is 5. The van der Waals surface area contributed by atoms with Crippen molar-refractivity contribution in [3.8, 4) is 5.75 Å². The number of likely N-dealkylation sites (tertiary alicyclic amines) is 1. The Bertz CT molecular complexity index is 818. The van der Waals surface area contributed by atoms with Gasteiger partial charge < -0.3 is 9.64 Å². The van der Waals surface area contributed by atoms with Crippen molar-refractivity contribution in [1.29, 1.82) is 0 Å². The molecule has 2 fully saturated rings. The number of likely N-dealkylation sites (N-methyl/N-ethyl adjacent to an activating group) is 1. The van der Waals surface area contributed by atoms with Gasteiger partial charge in [-0.3, -0.25) is 19.3 Å². The van der Waals surface area contributed by atoms with Gasteiger partial charge >= 0.3 is 0 Å². The zero-order valence-corrected chi connectivity index (χ0v) is 16.3. The topological polar surface area (TPSA) is 53.8 Å². The Morgan fingerprint density at radius 1 is 1.19 bits per heavy atom.